The van der Waals surface area contributed by atoms with Crippen LogP contribution in [0.1, 0.15) is 6.92 Å². The van der Waals surface area contributed by atoms with Crippen LogP contribution in [0.5, 0.6) is 0 Å². The normalized spacial score (nSPS) is 11.9. The molecule has 1 amide bonds. The molecule has 6 nitrogen and oxygen atoms in total. The van der Waals surface area contributed by atoms with Gasteiger partial charge in [0.15, 0.2) is 0 Å². The van der Waals surface area contributed by atoms with Crippen molar-refractivity contribution in [2.75, 3.05) is 5.32 Å². The van der Waals surface area contributed by atoms with Crippen molar-refractivity contribution in [3.8, 4) is 0 Å². The van der Waals surface area contributed by atoms with Crippen LogP contribution >= 0.6 is 11.8 Å². The first-order chi connectivity index (χ1) is 12.0. The molecule has 0 unspecified atom stereocenters. The van der Waals surface area contributed by atoms with E-state index in [0.717, 1.165) is 15.8 Å². The summed E-state index contributed by atoms with van der Waals surface area (Å²) in [6.45, 7) is 1.80. The summed E-state index contributed by atoms with van der Waals surface area (Å²) in [5.74, 6) is -0.139. The third kappa shape index (κ3) is 3.95. The number of pyridine rings is 1. The van der Waals surface area contributed by atoms with Crippen LogP contribution in [0.25, 0.3) is 10.9 Å². The molecule has 1 atom stereocenters. The Bertz CT molecular complexity index is 923. The van der Waals surface area contributed by atoms with Crippen molar-refractivity contribution in [1.29, 1.82) is 0 Å². The van der Waals surface area contributed by atoms with E-state index < -0.39 is 4.92 Å². The number of thioether (sulfide) groups is 1. The molecule has 0 saturated heterocycles. The van der Waals surface area contributed by atoms with Crippen LogP contribution in [-0.4, -0.2) is 21.1 Å². The molecule has 3 rings (SSSR count). The number of rotatable bonds is 5. The van der Waals surface area contributed by atoms with Crippen LogP contribution in [-0.2, 0) is 4.79 Å². The monoisotopic (exact) mass is 353 g/mol. The van der Waals surface area contributed by atoms with Crippen LogP contribution in [0, 0.1) is 10.1 Å². The average molecular weight is 353 g/mol. The fourth-order valence-corrected chi connectivity index (χ4v) is 3.22. The number of aromatic nitrogens is 1. The molecule has 25 heavy (non-hydrogen) atoms. The minimum Gasteiger partial charge on any atom is -0.324 e. The molecule has 0 aliphatic heterocycles. The summed E-state index contributed by atoms with van der Waals surface area (Å²) in [6.07, 6.45) is 1.71. The van der Waals surface area contributed by atoms with Crippen LogP contribution < -0.4 is 5.32 Å². The second-order valence-corrected chi connectivity index (χ2v) is 6.79. The molecule has 0 saturated carbocycles. The molecular weight excluding hydrogens is 338 g/mol. The van der Waals surface area contributed by atoms with Gasteiger partial charge in [-0.1, -0.05) is 6.07 Å². The molecule has 7 heteroatoms. The number of anilines is 1. The quantitative estimate of drug-likeness (QED) is 0.421. The van der Waals surface area contributed by atoms with Gasteiger partial charge >= 0.3 is 0 Å². The van der Waals surface area contributed by atoms with E-state index in [4.69, 9.17) is 0 Å². The summed E-state index contributed by atoms with van der Waals surface area (Å²) in [5, 5.41) is 14.1. The standard InChI is InChI=1S/C18H15N3O3S/c1-12(25-14-9-7-13(8-10-14)21(23)24)18(22)20-17-6-2-5-16-15(17)4-3-11-19-16/h2-12H,1H3,(H,20,22)/t12-/m0/s1. The highest BCUT2D eigenvalue weighted by Gasteiger charge is 2.16. The Morgan fingerprint density at radius 3 is 2.64 bits per heavy atom. The van der Waals surface area contributed by atoms with Crippen LogP contribution in [0.4, 0.5) is 11.4 Å². The minimum atomic E-state index is -0.445. The van der Waals surface area contributed by atoms with Gasteiger partial charge in [0, 0.05) is 28.6 Å². The topological polar surface area (TPSA) is 85.1 Å². The lowest BCUT2D eigenvalue weighted by molar-refractivity contribution is -0.384. The van der Waals surface area contributed by atoms with E-state index in [1.54, 1.807) is 25.3 Å². The summed E-state index contributed by atoms with van der Waals surface area (Å²) >= 11 is 1.35. The Labute approximate surface area is 148 Å². The molecular formula is C18H15N3O3S. The Hall–Kier alpha value is -2.93. The van der Waals surface area contributed by atoms with Gasteiger partial charge in [-0.3, -0.25) is 19.9 Å². The minimum absolute atomic E-state index is 0.0321. The van der Waals surface area contributed by atoms with Gasteiger partial charge in [-0.25, -0.2) is 0 Å². The zero-order valence-corrected chi connectivity index (χ0v) is 14.2. The van der Waals surface area contributed by atoms with Crippen molar-refractivity contribution >= 4 is 39.9 Å². The molecule has 1 heterocycles. The van der Waals surface area contributed by atoms with E-state index in [-0.39, 0.29) is 16.8 Å². The number of carbonyl (C=O) groups is 1. The SMILES string of the molecule is C[C@H](Sc1ccc([N+](=O)[O-])cc1)C(=O)Nc1cccc2ncccc12. The van der Waals surface area contributed by atoms with Crippen LogP contribution in [0.2, 0.25) is 0 Å². The van der Waals surface area contributed by atoms with Crippen LogP contribution in [0.3, 0.4) is 0 Å². The highest BCUT2D eigenvalue weighted by molar-refractivity contribution is 8.00. The summed E-state index contributed by atoms with van der Waals surface area (Å²) < 4.78 is 0. The van der Waals surface area contributed by atoms with Crippen molar-refractivity contribution in [1.82, 2.24) is 4.98 Å². The molecule has 2 aromatic carbocycles. The number of benzene rings is 2. The number of nitro groups is 1. The molecule has 0 fully saturated rings. The Morgan fingerprint density at radius 1 is 1.16 bits per heavy atom. The van der Waals surface area contributed by atoms with E-state index in [9.17, 15) is 14.9 Å². The number of nitrogens with zero attached hydrogens (tertiary/aromatic N) is 2. The molecule has 0 spiro atoms. The Balaban J connectivity index is 1.71. The average Bonchev–Trinajstić information content (AvgIpc) is 2.62. The number of hydrogen-bond donors (Lipinski definition) is 1. The summed E-state index contributed by atoms with van der Waals surface area (Å²) in [6, 6.07) is 15.5. The number of nitrogens with one attached hydrogen (secondary N) is 1. The molecule has 3 aromatic rings. The van der Waals surface area contributed by atoms with Gasteiger partial charge in [-0.2, -0.15) is 0 Å². The van der Waals surface area contributed by atoms with E-state index in [0.29, 0.717) is 5.69 Å². The van der Waals surface area contributed by atoms with Gasteiger partial charge < -0.3 is 5.32 Å². The molecule has 126 valence electrons. The molecule has 0 aliphatic carbocycles. The smallest absolute Gasteiger partial charge is 0.269 e. The van der Waals surface area contributed by atoms with Gasteiger partial charge in [0.05, 0.1) is 21.4 Å². The molecule has 1 N–H and O–H groups in total. The zero-order valence-electron chi connectivity index (χ0n) is 13.4. The maximum atomic E-state index is 12.5. The number of amides is 1. The second-order valence-electron chi connectivity index (χ2n) is 5.38. The van der Waals surface area contributed by atoms with Crippen molar-refractivity contribution in [2.45, 2.75) is 17.1 Å². The third-order valence-corrected chi connectivity index (χ3v) is 4.75. The van der Waals surface area contributed by atoms with Crippen LogP contribution in [0.15, 0.2) is 65.7 Å². The number of non-ortho nitro benzene ring substituents is 1. The molecule has 1 aromatic heterocycles. The van der Waals surface area contributed by atoms with E-state index in [2.05, 4.69) is 10.3 Å². The van der Waals surface area contributed by atoms with E-state index >= 15 is 0 Å². The van der Waals surface area contributed by atoms with Gasteiger partial charge in [-0.05, 0) is 43.3 Å². The van der Waals surface area contributed by atoms with Gasteiger partial charge in [0.1, 0.15) is 0 Å². The maximum Gasteiger partial charge on any atom is 0.269 e. The summed E-state index contributed by atoms with van der Waals surface area (Å²) in [4.78, 5) is 27.8. The van der Waals surface area contributed by atoms with Crippen molar-refractivity contribution in [2.24, 2.45) is 0 Å². The van der Waals surface area contributed by atoms with Crippen molar-refractivity contribution in [3.63, 3.8) is 0 Å². The van der Waals surface area contributed by atoms with Gasteiger partial charge in [0.25, 0.3) is 5.69 Å². The van der Waals surface area contributed by atoms with E-state index in [1.165, 1.54) is 23.9 Å². The maximum absolute atomic E-state index is 12.5. The second kappa shape index (κ2) is 7.31. The summed E-state index contributed by atoms with van der Waals surface area (Å²) in [7, 11) is 0. The Kier molecular flexibility index (Phi) is 4.95. The molecule has 0 aliphatic rings. The number of nitro benzene ring substituents is 1. The van der Waals surface area contributed by atoms with Gasteiger partial charge in [0.2, 0.25) is 5.91 Å². The van der Waals surface area contributed by atoms with Gasteiger partial charge in [-0.15, -0.1) is 11.8 Å². The Morgan fingerprint density at radius 2 is 1.92 bits per heavy atom. The third-order valence-electron chi connectivity index (χ3n) is 3.63. The summed E-state index contributed by atoms with van der Waals surface area (Å²) in [5.41, 5.74) is 1.56. The van der Waals surface area contributed by atoms with Crippen molar-refractivity contribution in [3.05, 3.63) is 70.9 Å². The molecule has 0 radical (unpaired) electrons. The first-order valence-corrected chi connectivity index (χ1v) is 8.48. The van der Waals surface area contributed by atoms with Crippen molar-refractivity contribution < 1.29 is 9.72 Å². The largest absolute Gasteiger partial charge is 0.324 e. The first-order valence-electron chi connectivity index (χ1n) is 7.60. The number of fused-ring (bicyclic) bond motifs is 1. The lowest BCUT2D eigenvalue weighted by Crippen LogP contribution is -2.22. The number of carbonyl (C=O) groups excluding carboxylic acids is 1. The lowest BCUT2D eigenvalue weighted by atomic mass is 10.2. The predicted molar refractivity (Wildman–Crippen MR) is 98.8 cm³/mol. The number of hydrogen-bond acceptors (Lipinski definition) is 5. The molecule has 0 bridgehead atoms. The fourth-order valence-electron chi connectivity index (χ4n) is 2.35. The van der Waals surface area contributed by atoms with E-state index in [1.807, 2.05) is 30.3 Å². The fraction of sp³-hybridized carbons (Fsp3) is 0.111. The lowest BCUT2D eigenvalue weighted by Gasteiger charge is -2.13. The highest BCUT2D eigenvalue weighted by atomic mass is 32.2. The zero-order chi connectivity index (χ0) is 17.8. The first kappa shape index (κ1) is 16.9. The highest BCUT2D eigenvalue weighted by Crippen LogP contribution is 2.27. The predicted octanol–water partition coefficient (Wildman–Crippen LogP) is 4.26.